The molecule has 5 N–H and O–H groups in total. The second-order valence-electron chi connectivity index (χ2n) is 3.89. The summed E-state index contributed by atoms with van der Waals surface area (Å²) in [7, 11) is 0. The molecule has 0 bridgehead atoms. The summed E-state index contributed by atoms with van der Waals surface area (Å²) in [5.74, 6) is 4.16. The van der Waals surface area contributed by atoms with Crippen molar-refractivity contribution >= 4 is 12.0 Å². The Kier molecular flexibility index (Phi) is 5.03. The van der Waals surface area contributed by atoms with Gasteiger partial charge in [-0.2, -0.15) is 0 Å². The number of carbonyl (C=O) groups is 2. The number of nitrogens with one attached hydrogen (secondary N) is 2. The van der Waals surface area contributed by atoms with Crippen LogP contribution < -0.4 is 16.6 Å². The highest BCUT2D eigenvalue weighted by atomic mass is 16.6. The lowest BCUT2D eigenvalue weighted by molar-refractivity contribution is -0.124. The fourth-order valence-corrected chi connectivity index (χ4v) is 0.745. The lowest BCUT2D eigenvalue weighted by atomic mass is 10.2. The normalized spacial score (nSPS) is 12.9. The first-order valence-electron chi connectivity index (χ1n) is 4.41. The van der Waals surface area contributed by atoms with Gasteiger partial charge in [0.05, 0.1) is 6.61 Å². The monoisotopic (exact) mass is 219 g/mol. The zero-order valence-corrected chi connectivity index (χ0v) is 9.03. The summed E-state index contributed by atoms with van der Waals surface area (Å²) in [6.07, 6.45) is -0.787. The number of aliphatic hydroxyl groups is 1. The minimum Gasteiger partial charge on any atom is -0.444 e. The Balaban J connectivity index is 4.20. The van der Waals surface area contributed by atoms with Crippen molar-refractivity contribution in [1.29, 1.82) is 0 Å². The molecule has 7 heteroatoms. The molecule has 15 heavy (non-hydrogen) atoms. The Labute approximate surface area is 87.9 Å². The number of carbonyl (C=O) groups excluding carboxylic acids is 2. The van der Waals surface area contributed by atoms with E-state index in [4.69, 9.17) is 15.7 Å². The fraction of sp³-hybridized carbons (Fsp3) is 0.750. The smallest absolute Gasteiger partial charge is 0.408 e. The summed E-state index contributed by atoms with van der Waals surface area (Å²) in [5, 5.41) is 11.0. The van der Waals surface area contributed by atoms with Gasteiger partial charge in [-0.05, 0) is 20.8 Å². The molecule has 1 atom stereocenters. The highest BCUT2D eigenvalue weighted by Crippen LogP contribution is 2.06. The van der Waals surface area contributed by atoms with E-state index in [1.165, 1.54) is 0 Å². The number of amides is 2. The predicted molar refractivity (Wildman–Crippen MR) is 52.6 cm³/mol. The molecule has 0 aliphatic carbocycles. The van der Waals surface area contributed by atoms with Gasteiger partial charge in [0.2, 0.25) is 0 Å². The number of alkyl carbamates (subject to hydrolysis) is 1. The van der Waals surface area contributed by atoms with Crippen LogP contribution in [0, 0.1) is 0 Å². The molecule has 0 unspecified atom stereocenters. The quantitative estimate of drug-likeness (QED) is 0.272. The fourth-order valence-electron chi connectivity index (χ4n) is 0.745. The number of rotatable bonds is 3. The number of hydrazine groups is 1. The number of aliphatic hydroxyl groups excluding tert-OH is 1. The van der Waals surface area contributed by atoms with Crippen LogP contribution >= 0.6 is 0 Å². The van der Waals surface area contributed by atoms with E-state index in [-0.39, 0.29) is 0 Å². The lowest BCUT2D eigenvalue weighted by Gasteiger charge is -2.21. The van der Waals surface area contributed by atoms with Crippen LogP contribution in [0.1, 0.15) is 20.8 Å². The van der Waals surface area contributed by atoms with Crippen molar-refractivity contribution in [3.63, 3.8) is 0 Å². The molecule has 0 fully saturated rings. The Hall–Kier alpha value is -1.34. The molecule has 2 amide bonds. The molecule has 88 valence electrons. The number of hydrogen-bond acceptors (Lipinski definition) is 5. The van der Waals surface area contributed by atoms with E-state index in [0.29, 0.717) is 0 Å². The Morgan fingerprint density at radius 3 is 2.33 bits per heavy atom. The molecule has 0 heterocycles. The molecule has 0 saturated heterocycles. The number of ether oxygens (including phenoxy) is 1. The van der Waals surface area contributed by atoms with E-state index in [1.807, 2.05) is 5.43 Å². The zero-order valence-electron chi connectivity index (χ0n) is 9.03. The van der Waals surface area contributed by atoms with Gasteiger partial charge in [0.1, 0.15) is 11.6 Å². The molecular weight excluding hydrogens is 202 g/mol. The van der Waals surface area contributed by atoms with Crippen LogP contribution in [0.3, 0.4) is 0 Å². The Morgan fingerprint density at radius 1 is 1.47 bits per heavy atom. The van der Waals surface area contributed by atoms with Gasteiger partial charge in [-0.25, -0.2) is 10.6 Å². The molecule has 0 radical (unpaired) electrons. The van der Waals surface area contributed by atoms with Gasteiger partial charge >= 0.3 is 6.09 Å². The third-order valence-electron chi connectivity index (χ3n) is 1.33. The molecule has 0 aromatic heterocycles. The van der Waals surface area contributed by atoms with Gasteiger partial charge in [0.25, 0.3) is 5.91 Å². The average Bonchev–Trinajstić information content (AvgIpc) is 2.10. The van der Waals surface area contributed by atoms with Crippen molar-refractivity contribution in [1.82, 2.24) is 10.7 Å². The van der Waals surface area contributed by atoms with Gasteiger partial charge in [-0.3, -0.25) is 10.2 Å². The Bertz CT molecular complexity index is 237. The van der Waals surface area contributed by atoms with E-state index in [0.717, 1.165) is 0 Å². The summed E-state index contributed by atoms with van der Waals surface area (Å²) in [6, 6.07) is -1.11. The van der Waals surface area contributed by atoms with E-state index >= 15 is 0 Å². The highest BCUT2D eigenvalue weighted by Gasteiger charge is 2.22. The van der Waals surface area contributed by atoms with E-state index in [9.17, 15) is 9.59 Å². The second kappa shape index (κ2) is 5.52. The topological polar surface area (TPSA) is 114 Å². The molecule has 0 aromatic rings. The largest absolute Gasteiger partial charge is 0.444 e. The van der Waals surface area contributed by atoms with Gasteiger partial charge in [0, 0.05) is 0 Å². The molecule has 0 spiro atoms. The maximum absolute atomic E-state index is 11.2. The van der Waals surface area contributed by atoms with Gasteiger partial charge < -0.3 is 15.2 Å². The second-order valence-corrected chi connectivity index (χ2v) is 3.89. The van der Waals surface area contributed by atoms with Gasteiger partial charge in [0.15, 0.2) is 0 Å². The minimum atomic E-state index is -1.11. The third kappa shape index (κ3) is 5.87. The highest BCUT2D eigenvalue weighted by molar-refractivity contribution is 5.85. The standard InChI is InChI=1S/C8H17N3O4/c1-8(2,3)15-7(14)10-5(4-12)6(13)11-9/h5,12H,4,9H2,1-3H3,(H,10,14)(H,11,13)/t5-/m1/s1. The van der Waals surface area contributed by atoms with Crippen LogP contribution in [0.5, 0.6) is 0 Å². The summed E-state index contributed by atoms with van der Waals surface area (Å²) in [6.45, 7) is 4.50. The van der Waals surface area contributed by atoms with Crippen LogP contribution in [0.4, 0.5) is 4.79 Å². The third-order valence-corrected chi connectivity index (χ3v) is 1.33. The molecule has 0 aromatic carbocycles. The summed E-state index contributed by atoms with van der Waals surface area (Å²) >= 11 is 0. The minimum absolute atomic E-state index is 0.553. The number of nitrogens with two attached hydrogens (primary N) is 1. The summed E-state index contributed by atoms with van der Waals surface area (Å²) in [5.41, 5.74) is 1.15. The van der Waals surface area contributed by atoms with Crippen molar-refractivity contribution in [2.75, 3.05) is 6.61 Å². The maximum atomic E-state index is 11.2. The van der Waals surface area contributed by atoms with Crippen molar-refractivity contribution in [2.45, 2.75) is 32.4 Å². The van der Waals surface area contributed by atoms with Crippen LogP contribution in [0.2, 0.25) is 0 Å². The summed E-state index contributed by atoms with van der Waals surface area (Å²) < 4.78 is 4.88. The maximum Gasteiger partial charge on any atom is 0.408 e. The first-order chi connectivity index (χ1) is 6.80. The molecular formula is C8H17N3O4. The predicted octanol–water partition coefficient (Wildman–Crippen LogP) is -1.14. The van der Waals surface area contributed by atoms with Crippen molar-refractivity contribution in [3.05, 3.63) is 0 Å². The van der Waals surface area contributed by atoms with Crippen LogP contribution in [-0.4, -0.2) is 35.4 Å². The van der Waals surface area contributed by atoms with Crippen LogP contribution in [-0.2, 0) is 9.53 Å². The van der Waals surface area contributed by atoms with E-state index < -0.39 is 30.3 Å². The van der Waals surface area contributed by atoms with Crippen LogP contribution in [0.25, 0.3) is 0 Å². The van der Waals surface area contributed by atoms with Crippen molar-refractivity contribution in [2.24, 2.45) is 5.84 Å². The first-order valence-corrected chi connectivity index (χ1v) is 4.41. The van der Waals surface area contributed by atoms with Crippen LogP contribution in [0.15, 0.2) is 0 Å². The molecule has 0 rings (SSSR count). The summed E-state index contributed by atoms with van der Waals surface area (Å²) in [4.78, 5) is 22.2. The van der Waals surface area contributed by atoms with Gasteiger partial charge in [-0.1, -0.05) is 0 Å². The first kappa shape index (κ1) is 13.7. The van der Waals surface area contributed by atoms with Crippen molar-refractivity contribution in [3.8, 4) is 0 Å². The molecule has 0 aliphatic rings. The molecule has 7 nitrogen and oxygen atoms in total. The molecule has 0 aliphatic heterocycles. The lowest BCUT2D eigenvalue weighted by Crippen LogP contribution is -2.51. The van der Waals surface area contributed by atoms with Crippen molar-refractivity contribution < 1.29 is 19.4 Å². The van der Waals surface area contributed by atoms with E-state index in [1.54, 1.807) is 20.8 Å². The van der Waals surface area contributed by atoms with E-state index in [2.05, 4.69) is 5.32 Å². The molecule has 0 saturated carbocycles. The van der Waals surface area contributed by atoms with Gasteiger partial charge in [-0.15, -0.1) is 0 Å². The Morgan fingerprint density at radius 2 is 2.00 bits per heavy atom. The number of hydrogen-bond donors (Lipinski definition) is 4. The average molecular weight is 219 g/mol. The zero-order chi connectivity index (χ0) is 12.1. The SMILES string of the molecule is CC(C)(C)OC(=O)N[C@H](CO)C(=O)NN.